The summed E-state index contributed by atoms with van der Waals surface area (Å²) in [5.41, 5.74) is 2.28. The number of anilines is 1. The quantitative estimate of drug-likeness (QED) is 0.815. The van der Waals surface area contributed by atoms with E-state index in [4.69, 9.17) is 0 Å². The van der Waals surface area contributed by atoms with Gasteiger partial charge in [0.15, 0.2) is 0 Å². The van der Waals surface area contributed by atoms with Crippen molar-refractivity contribution < 1.29 is 4.79 Å². The number of hydrogen-bond acceptors (Lipinski definition) is 3. The first kappa shape index (κ1) is 17.1. The van der Waals surface area contributed by atoms with E-state index >= 15 is 0 Å². The largest absolute Gasteiger partial charge is 0.311 e. The molecule has 0 bridgehead atoms. The summed E-state index contributed by atoms with van der Waals surface area (Å²) in [6.07, 6.45) is 1.53. The highest BCUT2D eigenvalue weighted by Crippen LogP contribution is 2.45. The van der Waals surface area contributed by atoms with Crippen LogP contribution in [0.2, 0.25) is 0 Å². The molecule has 24 heavy (non-hydrogen) atoms. The fraction of sp³-hybridized carbons (Fsp3) is 0.350. The Morgan fingerprint density at radius 2 is 1.79 bits per heavy atom. The van der Waals surface area contributed by atoms with Crippen LogP contribution in [0.3, 0.4) is 0 Å². The number of amides is 1. The number of para-hydroxylation sites is 1. The Labute approximate surface area is 148 Å². The van der Waals surface area contributed by atoms with E-state index in [1.54, 1.807) is 11.8 Å². The molecule has 1 atom stereocenters. The normalized spacial score (nSPS) is 17.7. The Morgan fingerprint density at radius 1 is 1.08 bits per heavy atom. The molecule has 2 aromatic carbocycles. The van der Waals surface area contributed by atoms with Crippen molar-refractivity contribution in [1.82, 2.24) is 4.90 Å². The lowest BCUT2D eigenvalue weighted by atomic mass is 10.1. The van der Waals surface area contributed by atoms with E-state index in [9.17, 15) is 4.79 Å². The molecule has 0 spiro atoms. The molecule has 0 aromatic heterocycles. The maximum absolute atomic E-state index is 12.9. The van der Waals surface area contributed by atoms with Crippen molar-refractivity contribution in [3.63, 3.8) is 0 Å². The van der Waals surface area contributed by atoms with Crippen LogP contribution < -0.4 is 4.90 Å². The number of carbonyl (C=O) groups is 1. The van der Waals surface area contributed by atoms with E-state index in [2.05, 4.69) is 49.3 Å². The van der Waals surface area contributed by atoms with Gasteiger partial charge in [-0.3, -0.25) is 4.79 Å². The van der Waals surface area contributed by atoms with Crippen molar-refractivity contribution in [1.29, 1.82) is 0 Å². The van der Waals surface area contributed by atoms with E-state index in [0.717, 1.165) is 25.2 Å². The van der Waals surface area contributed by atoms with E-state index in [0.29, 0.717) is 6.42 Å². The zero-order chi connectivity index (χ0) is 16.9. The fourth-order valence-corrected chi connectivity index (χ4v) is 4.30. The Hall–Kier alpha value is -1.78. The molecular formula is C20H24N2OS. The molecule has 1 aliphatic rings. The summed E-state index contributed by atoms with van der Waals surface area (Å²) in [6.45, 7) is 1.76. The zero-order valence-corrected chi connectivity index (χ0v) is 15.1. The average Bonchev–Trinajstić information content (AvgIpc) is 2.72. The lowest BCUT2D eigenvalue weighted by Crippen LogP contribution is -2.33. The average molecular weight is 340 g/mol. The minimum absolute atomic E-state index is 0.179. The smallest absolute Gasteiger partial charge is 0.228 e. The summed E-state index contributed by atoms with van der Waals surface area (Å²) in [4.78, 5) is 18.3. The molecule has 0 saturated heterocycles. The predicted molar refractivity (Wildman–Crippen MR) is 102 cm³/mol. The van der Waals surface area contributed by atoms with Gasteiger partial charge in [0.25, 0.3) is 0 Å². The first-order valence-electron chi connectivity index (χ1n) is 8.41. The first-order chi connectivity index (χ1) is 11.6. The van der Waals surface area contributed by atoms with Crippen LogP contribution in [0.4, 0.5) is 5.69 Å². The minimum atomic E-state index is 0.179. The third kappa shape index (κ3) is 4.00. The Kier molecular flexibility index (Phi) is 5.59. The molecule has 0 aliphatic carbocycles. The molecular weight excluding hydrogens is 316 g/mol. The van der Waals surface area contributed by atoms with Crippen LogP contribution in [0.1, 0.15) is 23.7 Å². The van der Waals surface area contributed by atoms with Gasteiger partial charge in [-0.15, -0.1) is 11.8 Å². The van der Waals surface area contributed by atoms with Crippen LogP contribution in [-0.2, 0) is 4.79 Å². The van der Waals surface area contributed by atoms with Crippen molar-refractivity contribution in [2.75, 3.05) is 32.1 Å². The molecule has 4 heteroatoms. The molecule has 1 aliphatic heterocycles. The van der Waals surface area contributed by atoms with Gasteiger partial charge in [-0.2, -0.15) is 0 Å². The lowest BCUT2D eigenvalue weighted by molar-refractivity contribution is -0.118. The molecule has 1 amide bonds. The zero-order valence-electron chi connectivity index (χ0n) is 14.3. The summed E-state index contributed by atoms with van der Waals surface area (Å²) in [5.74, 6) is 0.222. The van der Waals surface area contributed by atoms with Gasteiger partial charge in [0.1, 0.15) is 0 Å². The van der Waals surface area contributed by atoms with Gasteiger partial charge >= 0.3 is 0 Å². The summed E-state index contributed by atoms with van der Waals surface area (Å²) in [6, 6.07) is 18.6. The SMILES string of the molecule is CN(C)CCCN1C(=O)CC(c2ccccc2)Sc2ccccc21. The summed E-state index contributed by atoms with van der Waals surface area (Å²) in [5, 5.41) is 0.179. The molecule has 1 heterocycles. The van der Waals surface area contributed by atoms with E-state index in [-0.39, 0.29) is 11.2 Å². The second-order valence-electron chi connectivity index (χ2n) is 6.39. The second kappa shape index (κ2) is 7.86. The Balaban J connectivity index is 1.86. The monoisotopic (exact) mass is 340 g/mol. The number of nitrogens with zero attached hydrogens (tertiary/aromatic N) is 2. The number of benzene rings is 2. The first-order valence-corrected chi connectivity index (χ1v) is 9.29. The number of thioether (sulfide) groups is 1. The highest BCUT2D eigenvalue weighted by atomic mass is 32.2. The molecule has 0 radical (unpaired) electrons. The highest BCUT2D eigenvalue weighted by molar-refractivity contribution is 7.99. The maximum Gasteiger partial charge on any atom is 0.228 e. The van der Waals surface area contributed by atoms with Gasteiger partial charge in [0.05, 0.1) is 5.69 Å². The fourth-order valence-electron chi connectivity index (χ4n) is 3.02. The molecule has 1 unspecified atom stereocenters. The van der Waals surface area contributed by atoms with Crippen LogP contribution in [0.5, 0.6) is 0 Å². The van der Waals surface area contributed by atoms with Crippen LogP contribution in [-0.4, -0.2) is 38.0 Å². The molecule has 0 saturated carbocycles. The van der Waals surface area contributed by atoms with Crippen molar-refractivity contribution in [3.05, 3.63) is 60.2 Å². The van der Waals surface area contributed by atoms with Gasteiger partial charge in [0.2, 0.25) is 5.91 Å². The Bertz CT molecular complexity index is 687. The Morgan fingerprint density at radius 3 is 2.54 bits per heavy atom. The van der Waals surface area contributed by atoms with Gasteiger partial charge in [-0.05, 0) is 44.8 Å². The van der Waals surface area contributed by atoms with Gasteiger partial charge in [-0.25, -0.2) is 0 Å². The third-order valence-electron chi connectivity index (χ3n) is 4.24. The van der Waals surface area contributed by atoms with Crippen molar-refractivity contribution in [2.45, 2.75) is 23.0 Å². The number of hydrogen-bond donors (Lipinski definition) is 0. The predicted octanol–water partition coefficient (Wildman–Crippen LogP) is 4.21. The summed E-state index contributed by atoms with van der Waals surface area (Å²) >= 11 is 1.81. The molecule has 2 aromatic rings. The maximum atomic E-state index is 12.9. The lowest BCUT2D eigenvalue weighted by Gasteiger charge is -2.23. The number of fused-ring (bicyclic) bond motifs is 1. The molecule has 3 rings (SSSR count). The topological polar surface area (TPSA) is 23.6 Å². The second-order valence-corrected chi connectivity index (χ2v) is 7.64. The highest BCUT2D eigenvalue weighted by Gasteiger charge is 2.28. The van der Waals surface area contributed by atoms with Crippen LogP contribution in [0.15, 0.2) is 59.5 Å². The molecule has 0 N–H and O–H groups in total. The molecule has 3 nitrogen and oxygen atoms in total. The molecule has 0 fully saturated rings. The van der Waals surface area contributed by atoms with Crippen molar-refractivity contribution >= 4 is 23.4 Å². The molecule has 126 valence electrons. The van der Waals surface area contributed by atoms with Crippen molar-refractivity contribution in [2.24, 2.45) is 0 Å². The van der Waals surface area contributed by atoms with Gasteiger partial charge < -0.3 is 9.80 Å². The van der Waals surface area contributed by atoms with Gasteiger partial charge in [0, 0.05) is 23.1 Å². The van der Waals surface area contributed by atoms with Crippen LogP contribution >= 0.6 is 11.8 Å². The van der Waals surface area contributed by atoms with Crippen molar-refractivity contribution in [3.8, 4) is 0 Å². The third-order valence-corrected chi connectivity index (χ3v) is 5.57. The number of rotatable bonds is 5. The summed E-state index contributed by atoms with van der Waals surface area (Å²) in [7, 11) is 4.14. The van der Waals surface area contributed by atoms with E-state index in [1.165, 1.54) is 10.5 Å². The van der Waals surface area contributed by atoms with E-state index < -0.39 is 0 Å². The van der Waals surface area contributed by atoms with E-state index in [1.807, 2.05) is 29.2 Å². The van der Waals surface area contributed by atoms with Crippen LogP contribution in [0.25, 0.3) is 0 Å². The van der Waals surface area contributed by atoms with Crippen LogP contribution in [0, 0.1) is 0 Å². The minimum Gasteiger partial charge on any atom is -0.311 e. The standard InChI is InChI=1S/C20H24N2OS/c1-21(2)13-8-14-22-17-11-6-7-12-18(17)24-19(15-20(22)23)16-9-4-3-5-10-16/h3-7,9-12,19H,8,13-15H2,1-2H3. The summed E-state index contributed by atoms with van der Waals surface area (Å²) < 4.78 is 0. The van der Waals surface area contributed by atoms with Gasteiger partial charge in [-0.1, -0.05) is 42.5 Å². The number of carbonyl (C=O) groups excluding carboxylic acids is 1.